The zero-order chi connectivity index (χ0) is 13.1. The predicted molar refractivity (Wildman–Crippen MR) is 74.4 cm³/mol. The van der Waals surface area contributed by atoms with Gasteiger partial charge in [0.25, 0.3) is 0 Å². The van der Waals surface area contributed by atoms with Gasteiger partial charge in [-0.2, -0.15) is 0 Å². The van der Waals surface area contributed by atoms with E-state index in [1.807, 2.05) is 19.1 Å². The van der Waals surface area contributed by atoms with Crippen molar-refractivity contribution in [3.05, 3.63) is 65.0 Å². The number of rotatable bonds is 3. The van der Waals surface area contributed by atoms with Crippen LogP contribution in [-0.2, 0) is 0 Å². The van der Waals surface area contributed by atoms with Crippen molar-refractivity contribution in [2.45, 2.75) is 26.8 Å². The number of hydrogen-bond donors (Lipinski definition) is 1. The van der Waals surface area contributed by atoms with Crippen LogP contribution in [-0.4, -0.2) is 0 Å². The van der Waals surface area contributed by atoms with Gasteiger partial charge < -0.3 is 5.32 Å². The van der Waals surface area contributed by atoms with E-state index in [1.54, 1.807) is 6.07 Å². The second-order valence-corrected chi connectivity index (χ2v) is 4.76. The van der Waals surface area contributed by atoms with Crippen molar-refractivity contribution in [3.8, 4) is 0 Å². The smallest absolute Gasteiger partial charge is 0.128 e. The van der Waals surface area contributed by atoms with Gasteiger partial charge >= 0.3 is 0 Å². The highest BCUT2D eigenvalue weighted by Gasteiger charge is 2.10. The molecule has 0 bridgehead atoms. The fraction of sp³-hybridized carbons (Fsp3) is 0.250. The summed E-state index contributed by atoms with van der Waals surface area (Å²) in [6.07, 6.45) is 0. The number of hydrogen-bond acceptors (Lipinski definition) is 1. The first-order valence-electron chi connectivity index (χ1n) is 6.15. The van der Waals surface area contributed by atoms with E-state index in [9.17, 15) is 4.39 Å². The van der Waals surface area contributed by atoms with Gasteiger partial charge in [0.05, 0.1) is 6.04 Å². The van der Waals surface area contributed by atoms with Crippen molar-refractivity contribution in [1.29, 1.82) is 0 Å². The molecule has 2 rings (SSSR count). The molecule has 1 unspecified atom stereocenters. The molecular weight excluding hydrogens is 225 g/mol. The first-order valence-corrected chi connectivity index (χ1v) is 6.15. The van der Waals surface area contributed by atoms with Crippen LogP contribution >= 0.6 is 0 Å². The summed E-state index contributed by atoms with van der Waals surface area (Å²) in [6.45, 7) is 6.09. The van der Waals surface area contributed by atoms with Crippen molar-refractivity contribution < 1.29 is 4.39 Å². The van der Waals surface area contributed by atoms with Gasteiger partial charge in [-0.1, -0.05) is 24.3 Å². The maximum atomic E-state index is 13.7. The van der Waals surface area contributed by atoms with Gasteiger partial charge in [-0.3, -0.25) is 0 Å². The van der Waals surface area contributed by atoms with Crippen LogP contribution in [0.3, 0.4) is 0 Å². The zero-order valence-corrected chi connectivity index (χ0v) is 11.0. The van der Waals surface area contributed by atoms with E-state index in [4.69, 9.17) is 0 Å². The Morgan fingerprint density at radius 3 is 2.22 bits per heavy atom. The zero-order valence-electron chi connectivity index (χ0n) is 11.0. The van der Waals surface area contributed by atoms with E-state index < -0.39 is 0 Å². The summed E-state index contributed by atoms with van der Waals surface area (Å²) in [7, 11) is 0. The lowest BCUT2D eigenvalue weighted by Gasteiger charge is -2.17. The molecule has 18 heavy (non-hydrogen) atoms. The van der Waals surface area contributed by atoms with Gasteiger partial charge in [-0.05, 0) is 50.1 Å². The summed E-state index contributed by atoms with van der Waals surface area (Å²) in [5.41, 5.74) is 4.14. The Labute approximate surface area is 108 Å². The minimum absolute atomic E-state index is 0.0487. The van der Waals surface area contributed by atoms with Crippen molar-refractivity contribution in [1.82, 2.24) is 0 Å². The molecule has 0 saturated carbocycles. The molecule has 94 valence electrons. The summed E-state index contributed by atoms with van der Waals surface area (Å²) in [6, 6.07) is 13.1. The van der Waals surface area contributed by atoms with Crippen LogP contribution in [0.2, 0.25) is 0 Å². The topological polar surface area (TPSA) is 12.0 Å². The molecule has 0 radical (unpaired) electrons. The lowest BCUT2D eigenvalue weighted by Crippen LogP contribution is -2.08. The number of nitrogens with one attached hydrogen (secondary N) is 1. The summed E-state index contributed by atoms with van der Waals surface area (Å²) in [4.78, 5) is 0. The van der Waals surface area contributed by atoms with E-state index in [0.717, 1.165) is 5.69 Å². The molecule has 1 N–H and O–H groups in total. The average molecular weight is 243 g/mol. The SMILES string of the molecule is Cc1cc(C)cc(NC(C)c2ccccc2F)c1. The fourth-order valence-electron chi connectivity index (χ4n) is 2.21. The Bertz CT molecular complexity index is 528. The van der Waals surface area contributed by atoms with Crippen molar-refractivity contribution >= 4 is 5.69 Å². The highest BCUT2D eigenvalue weighted by Crippen LogP contribution is 2.23. The van der Waals surface area contributed by atoms with Crippen LogP contribution in [0.4, 0.5) is 10.1 Å². The molecule has 0 saturated heterocycles. The molecule has 0 aliphatic heterocycles. The Morgan fingerprint density at radius 1 is 1.00 bits per heavy atom. The normalized spacial score (nSPS) is 12.2. The van der Waals surface area contributed by atoms with E-state index in [0.29, 0.717) is 5.56 Å². The van der Waals surface area contributed by atoms with Crippen LogP contribution in [0, 0.1) is 19.7 Å². The molecule has 1 nitrogen and oxygen atoms in total. The van der Waals surface area contributed by atoms with Gasteiger partial charge in [-0.15, -0.1) is 0 Å². The minimum Gasteiger partial charge on any atom is -0.378 e. The molecule has 0 aliphatic carbocycles. The molecule has 1 atom stereocenters. The molecule has 2 aromatic carbocycles. The molecule has 0 fully saturated rings. The highest BCUT2D eigenvalue weighted by atomic mass is 19.1. The molecular formula is C16H18FN. The number of halogens is 1. The summed E-state index contributed by atoms with van der Waals surface area (Å²) >= 11 is 0. The lowest BCUT2D eigenvalue weighted by molar-refractivity contribution is 0.600. The first kappa shape index (κ1) is 12.6. The van der Waals surface area contributed by atoms with E-state index >= 15 is 0 Å². The van der Waals surface area contributed by atoms with Gasteiger partial charge in [0.2, 0.25) is 0 Å². The highest BCUT2D eigenvalue weighted by molar-refractivity contribution is 5.50. The van der Waals surface area contributed by atoms with Crippen molar-refractivity contribution in [2.75, 3.05) is 5.32 Å². The van der Waals surface area contributed by atoms with Gasteiger partial charge in [0.1, 0.15) is 5.82 Å². The maximum Gasteiger partial charge on any atom is 0.128 e. The second-order valence-electron chi connectivity index (χ2n) is 4.76. The lowest BCUT2D eigenvalue weighted by atomic mass is 10.1. The van der Waals surface area contributed by atoms with E-state index in [1.165, 1.54) is 17.2 Å². The second kappa shape index (κ2) is 5.21. The quantitative estimate of drug-likeness (QED) is 0.829. The third kappa shape index (κ3) is 2.89. The van der Waals surface area contributed by atoms with Crippen LogP contribution in [0.15, 0.2) is 42.5 Å². The van der Waals surface area contributed by atoms with E-state index in [2.05, 4.69) is 37.4 Å². The third-order valence-electron chi connectivity index (χ3n) is 2.98. The molecule has 0 spiro atoms. The Morgan fingerprint density at radius 2 is 1.61 bits per heavy atom. The molecule has 0 aliphatic rings. The monoisotopic (exact) mass is 243 g/mol. The minimum atomic E-state index is -0.165. The van der Waals surface area contributed by atoms with Crippen molar-refractivity contribution in [2.24, 2.45) is 0 Å². The third-order valence-corrected chi connectivity index (χ3v) is 2.98. The molecule has 0 amide bonds. The van der Waals surface area contributed by atoms with Gasteiger partial charge in [0, 0.05) is 11.3 Å². The Hall–Kier alpha value is -1.83. The van der Waals surface area contributed by atoms with Gasteiger partial charge in [-0.25, -0.2) is 4.39 Å². The predicted octanol–water partition coefficient (Wildman–Crippen LogP) is 4.62. The average Bonchev–Trinajstić information content (AvgIpc) is 2.27. The molecule has 0 aromatic heterocycles. The molecule has 2 heteroatoms. The van der Waals surface area contributed by atoms with Crippen LogP contribution in [0.1, 0.15) is 29.7 Å². The van der Waals surface area contributed by atoms with Crippen LogP contribution < -0.4 is 5.32 Å². The fourth-order valence-corrected chi connectivity index (χ4v) is 2.21. The summed E-state index contributed by atoms with van der Waals surface area (Å²) < 4.78 is 13.7. The standard InChI is InChI=1S/C16H18FN/c1-11-8-12(2)10-14(9-11)18-13(3)15-6-4-5-7-16(15)17/h4-10,13,18H,1-3H3. The number of anilines is 1. The molecule has 0 heterocycles. The van der Waals surface area contributed by atoms with Crippen LogP contribution in [0.5, 0.6) is 0 Å². The largest absolute Gasteiger partial charge is 0.378 e. The Kier molecular flexibility index (Phi) is 3.66. The number of benzene rings is 2. The van der Waals surface area contributed by atoms with Crippen LogP contribution in [0.25, 0.3) is 0 Å². The maximum absolute atomic E-state index is 13.7. The van der Waals surface area contributed by atoms with Gasteiger partial charge in [0.15, 0.2) is 0 Å². The first-order chi connectivity index (χ1) is 8.56. The van der Waals surface area contributed by atoms with E-state index in [-0.39, 0.29) is 11.9 Å². The molecule has 2 aromatic rings. The van der Waals surface area contributed by atoms with Crippen molar-refractivity contribution in [3.63, 3.8) is 0 Å². The summed E-state index contributed by atoms with van der Waals surface area (Å²) in [5, 5.41) is 3.34. The number of aryl methyl sites for hydroxylation is 2. The summed E-state index contributed by atoms with van der Waals surface area (Å²) in [5.74, 6) is -0.165. The Balaban J connectivity index is 2.21.